The van der Waals surface area contributed by atoms with Crippen LogP contribution in [0.2, 0.25) is 5.02 Å². The fraction of sp³-hybridized carbons (Fsp3) is 0.444. The van der Waals surface area contributed by atoms with Crippen LogP contribution in [0.25, 0.3) is 0 Å². The van der Waals surface area contributed by atoms with Gasteiger partial charge in [0.05, 0.1) is 6.67 Å². The highest BCUT2D eigenvalue weighted by Gasteiger charge is 2.54. The molecule has 2 aliphatic heterocycles. The molecule has 192 valence electrons. The van der Waals surface area contributed by atoms with E-state index in [0.717, 1.165) is 18.5 Å². The third-order valence-electron chi connectivity index (χ3n) is 6.89. The average molecular weight is 513 g/mol. The van der Waals surface area contributed by atoms with E-state index in [1.807, 2.05) is 30.3 Å². The van der Waals surface area contributed by atoms with E-state index in [4.69, 9.17) is 16.3 Å². The van der Waals surface area contributed by atoms with Crippen LogP contribution >= 0.6 is 11.6 Å². The molecule has 9 heteroatoms. The molecular formula is C27H33ClN4O4. The molecule has 0 bridgehead atoms. The fourth-order valence-electron chi connectivity index (χ4n) is 4.85. The molecule has 2 fully saturated rings. The van der Waals surface area contributed by atoms with Crippen LogP contribution in [-0.4, -0.2) is 72.5 Å². The highest BCUT2D eigenvalue weighted by molar-refractivity contribution is 6.30. The number of nitrogens with one attached hydrogen (secondary N) is 1. The second-order valence-electron chi connectivity index (χ2n) is 9.27. The van der Waals surface area contributed by atoms with Gasteiger partial charge >= 0.3 is 0 Å². The second-order valence-corrected chi connectivity index (χ2v) is 9.70. The van der Waals surface area contributed by atoms with Gasteiger partial charge < -0.3 is 24.8 Å². The van der Waals surface area contributed by atoms with E-state index in [1.54, 1.807) is 34.1 Å². The summed E-state index contributed by atoms with van der Waals surface area (Å²) in [5.74, 6) is 0.259. The first-order valence-electron chi connectivity index (χ1n) is 12.5. The lowest BCUT2D eigenvalue weighted by atomic mass is 9.85. The quantitative estimate of drug-likeness (QED) is 0.521. The van der Waals surface area contributed by atoms with Crippen LogP contribution in [0.4, 0.5) is 5.69 Å². The molecule has 2 aromatic carbocycles. The van der Waals surface area contributed by atoms with Gasteiger partial charge in [0.2, 0.25) is 5.91 Å². The molecule has 2 saturated heterocycles. The number of anilines is 1. The minimum Gasteiger partial charge on any atom is -0.484 e. The van der Waals surface area contributed by atoms with Crippen molar-refractivity contribution in [3.05, 3.63) is 59.6 Å². The molecule has 0 unspecified atom stereocenters. The molecule has 3 amide bonds. The minimum atomic E-state index is -0.779. The standard InChI is InChI=1S/C27H33ClN4O4/c1-2-3-15-29-24(33)18-31-20-32(22-7-5-4-6-8-22)27(26(31)35)13-16-30(17-14-27)25(34)19-36-23-11-9-21(28)10-12-23/h4-12H,2-3,13-20H2,1H3,(H,29,33). The molecule has 2 aliphatic rings. The first kappa shape index (κ1) is 25.8. The number of hydrogen-bond donors (Lipinski definition) is 1. The molecule has 0 aromatic heterocycles. The molecule has 4 rings (SSSR count). The number of rotatable bonds is 9. The molecule has 2 aromatic rings. The van der Waals surface area contributed by atoms with Crippen molar-refractivity contribution in [3.63, 3.8) is 0 Å². The Morgan fingerprint density at radius 1 is 1.06 bits per heavy atom. The van der Waals surface area contributed by atoms with E-state index in [1.165, 1.54) is 0 Å². The summed E-state index contributed by atoms with van der Waals surface area (Å²) in [6.45, 7) is 3.86. The predicted molar refractivity (Wildman–Crippen MR) is 139 cm³/mol. The topological polar surface area (TPSA) is 82.2 Å². The summed E-state index contributed by atoms with van der Waals surface area (Å²) in [5, 5.41) is 3.51. The number of ether oxygens (including phenoxy) is 1. The number of benzene rings is 2. The smallest absolute Gasteiger partial charge is 0.260 e. The molecule has 36 heavy (non-hydrogen) atoms. The Balaban J connectivity index is 1.42. The van der Waals surface area contributed by atoms with Gasteiger partial charge in [-0.15, -0.1) is 0 Å². The van der Waals surface area contributed by atoms with E-state index >= 15 is 0 Å². The number of carbonyl (C=O) groups is 3. The summed E-state index contributed by atoms with van der Waals surface area (Å²) < 4.78 is 5.63. The zero-order chi connectivity index (χ0) is 25.5. The Morgan fingerprint density at radius 2 is 1.75 bits per heavy atom. The summed E-state index contributed by atoms with van der Waals surface area (Å²) in [4.78, 5) is 44.5. The van der Waals surface area contributed by atoms with E-state index < -0.39 is 5.54 Å². The van der Waals surface area contributed by atoms with Gasteiger partial charge in [0, 0.05) is 30.3 Å². The molecule has 1 spiro atoms. The van der Waals surface area contributed by atoms with Crippen molar-refractivity contribution in [2.24, 2.45) is 0 Å². The number of amides is 3. The van der Waals surface area contributed by atoms with Crippen molar-refractivity contribution in [1.82, 2.24) is 15.1 Å². The third-order valence-corrected chi connectivity index (χ3v) is 7.14. The molecule has 8 nitrogen and oxygen atoms in total. The van der Waals surface area contributed by atoms with E-state index in [0.29, 0.717) is 49.9 Å². The lowest BCUT2D eigenvalue weighted by Crippen LogP contribution is -2.58. The number of halogens is 1. The molecule has 0 saturated carbocycles. The SMILES string of the molecule is CCCCNC(=O)CN1CN(c2ccccc2)C2(CCN(C(=O)COc3ccc(Cl)cc3)CC2)C1=O. The van der Waals surface area contributed by atoms with Gasteiger partial charge in [-0.3, -0.25) is 14.4 Å². The van der Waals surface area contributed by atoms with Gasteiger partial charge in [-0.25, -0.2) is 0 Å². The number of piperidine rings is 1. The van der Waals surface area contributed by atoms with Gasteiger partial charge in [0.1, 0.15) is 17.8 Å². The number of hydrogen-bond acceptors (Lipinski definition) is 5. The largest absolute Gasteiger partial charge is 0.484 e. The monoisotopic (exact) mass is 512 g/mol. The first-order chi connectivity index (χ1) is 17.4. The highest BCUT2D eigenvalue weighted by Crippen LogP contribution is 2.39. The Hall–Kier alpha value is -3.26. The van der Waals surface area contributed by atoms with Crippen molar-refractivity contribution >= 4 is 35.0 Å². The third kappa shape index (κ3) is 5.75. The summed E-state index contributed by atoms with van der Waals surface area (Å²) in [6.07, 6.45) is 2.88. The first-order valence-corrected chi connectivity index (χ1v) is 12.9. The maximum absolute atomic E-state index is 13.7. The number of unbranched alkanes of at least 4 members (excludes halogenated alkanes) is 1. The molecular weight excluding hydrogens is 480 g/mol. The maximum atomic E-state index is 13.7. The molecule has 1 N–H and O–H groups in total. The molecule has 0 radical (unpaired) electrons. The van der Waals surface area contributed by atoms with Crippen molar-refractivity contribution in [3.8, 4) is 5.75 Å². The van der Waals surface area contributed by atoms with E-state index in [9.17, 15) is 14.4 Å². The van der Waals surface area contributed by atoms with Gasteiger partial charge in [-0.05, 0) is 55.7 Å². The van der Waals surface area contributed by atoms with Crippen LogP contribution in [0, 0.1) is 0 Å². The number of likely N-dealkylation sites (tertiary alicyclic amines) is 1. The summed E-state index contributed by atoms with van der Waals surface area (Å²) in [7, 11) is 0. The van der Waals surface area contributed by atoms with Crippen LogP contribution in [0.1, 0.15) is 32.6 Å². The van der Waals surface area contributed by atoms with Gasteiger partial charge in [0.15, 0.2) is 6.61 Å². The minimum absolute atomic E-state index is 0.0329. The van der Waals surface area contributed by atoms with Crippen molar-refractivity contribution < 1.29 is 19.1 Å². The van der Waals surface area contributed by atoms with Gasteiger partial charge in [-0.1, -0.05) is 43.1 Å². The summed E-state index contributed by atoms with van der Waals surface area (Å²) in [6, 6.07) is 16.7. The lowest BCUT2D eigenvalue weighted by Gasteiger charge is -2.43. The van der Waals surface area contributed by atoms with Crippen LogP contribution < -0.4 is 15.0 Å². The Labute approximate surface area is 217 Å². The zero-order valence-electron chi connectivity index (χ0n) is 20.6. The Morgan fingerprint density at radius 3 is 2.42 bits per heavy atom. The van der Waals surface area contributed by atoms with Crippen LogP contribution in [0.15, 0.2) is 54.6 Å². The van der Waals surface area contributed by atoms with Gasteiger partial charge in [0.25, 0.3) is 11.8 Å². The Kier molecular flexibility index (Phi) is 8.36. The normalized spacial score (nSPS) is 16.9. The number of carbonyl (C=O) groups excluding carboxylic acids is 3. The van der Waals surface area contributed by atoms with Crippen molar-refractivity contribution in [2.75, 3.05) is 44.4 Å². The Bertz CT molecular complexity index is 1060. The second kappa shape index (κ2) is 11.6. The van der Waals surface area contributed by atoms with E-state index in [2.05, 4.69) is 17.1 Å². The van der Waals surface area contributed by atoms with Crippen molar-refractivity contribution in [2.45, 2.75) is 38.1 Å². The molecule has 0 aliphatic carbocycles. The van der Waals surface area contributed by atoms with Crippen molar-refractivity contribution in [1.29, 1.82) is 0 Å². The molecule has 0 atom stereocenters. The number of para-hydroxylation sites is 1. The van der Waals surface area contributed by atoms with E-state index in [-0.39, 0.29) is 30.9 Å². The van der Waals surface area contributed by atoms with Crippen LogP contribution in [0.5, 0.6) is 5.75 Å². The number of nitrogens with zero attached hydrogens (tertiary/aromatic N) is 3. The zero-order valence-corrected chi connectivity index (χ0v) is 21.4. The fourth-order valence-corrected chi connectivity index (χ4v) is 4.98. The van der Waals surface area contributed by atoms with Gasteiger partial charge in [-0.2, -0.15) is 0 Å². The maximum Gasteiger partial charge on any atom is 0.260 e. The predicted octanol–water partition coefficient (Wildman–Crippen LogP) is 3.30. The molecule has 2 heterocycles. The summed E-state index contributed by atoms with van der Waals surface area (Å²) in [5.41, 5.74) is 0.157. The highest BCUT2D eigenvalue weighted by atomic mass is 35.5. The summed E-state index contributed by atoms with van der Waals surface area (Å²) >= 11 is 5.90. The van der Waals surface area contributed by atoms with Crippen LogP contribution in [0.3, 0.4) is 0 Å². The van der Waals surface area contributed by atoms with Crippen LogP contribution in [-0.2, 0) is 14.4 Å². The average Bonchev–Trinajstić information content (AvgIpc) is 3.15. The lowest BCUT2D eigenvalue weighted by molar-refractivity contribution is -0.140.